The van der Waals surface area contributed by atoms with Crippen LogP contribution in [0, 0.1) is 5.92 Å². The lowest BCUT2D eigenvalue weighted by molar-refractivity contribution is 0.0322. The molecular formula is C19H32N4O2. The molecule has 0 radical (unpaired) electrons. The third-order valence-corrected chi connectivity index (χ3v) is 4.09. The highest BCUT2D eigenvalue weighted by Crippen LogP contribution is 2.17. The zero-order chi connectivity index (χ0) is 17.9. The number of aliphatic imine (C=N–C) groups is 1. The molecule has 0 saturated carbocycles. The Morgan fingerprint density at radius 2 is 2.00 bits per heavy atom. The summed E-state index contributed by atoms with van der Waals surface area (Å²) in [5.41, 5.74) is 1.14. The standard InChI is InChI=1S/C19H32N4O2/c1-16(2)14-21-19(20-3)22-15-17-6-4-5-7-18(17)25-13-10-23-8-11-24-12-9-23/h4-7,16H,8-15H2,1-3H3,(H2,20,21,22). The van der Waals surface area contributed by atoms with Gasteiger partial charge in [-0.2, -0.15) is 0 Å². The van der Waals surface area contributed by atoms with Crippen LogP contribution in [-0.4, -0.2) is 63.9 Å². The Kier molecular flexibility index (Phi) is 8.55. The first-order valence-electron chi connectivity index (χ1n) is 9.14. The smallest absolute Gasteiger partial charge is 0.191 e. The monoisotopic (exact) mass is 348 g/mol. The van der Waals surface area contributed by atoms with Gasteiger partial charge in [0.25, 0.3) is 0 Å². The molecule has 2 N–H and O–H groups in total. The molecule has 6 heteroatoms. The molecule has 6 nitrogen and oxygen atoms in total. The largest absolute Gasteiger partial charge is 0.492 e. The van der Waals surface area contributed by atoms with E-state index >= 15 is 0 Å². The molecule has 0 spiro atoms. The highest BCUT2D eigenvalue weighted by Gasteiger charge is 2.10. The molecule has 25 heavy (non-hydrogen) atoms. The second kappa shape index (κ2) is 10.9. The van der Waals surface area contributed by atoms with Gasteiger partial charge in [-0.25, -0.2) is 0 Å². The van der Waals surface area contributed by atoms with Gasteiger partial charge in [-0.05, 0) is 12.0 Å². The molecule has 1 aliphatic heterocycles. The highest BCUT2D eigenvalue weighted by molar-refractivity contribution is 5.79. The number of morpholine rings is 1. The van der Waals surface area contributed by atoms with Crippen molar-refractivity contribution in [2.24, 2.45) is 10.9 Å². The van der Waals surface area contributed by atoms with Crippen molar-refractivity contribution in [3.05, 3.63) is 29.8 Å². The van der Waals surface area contributed by atoms with Gasteiger partial charge in [-0.1, -0.05) is 32.0 Å². The van der Waals surface area contributed by atoms with Crippen molar-refractivity contribution in [2.45, 2.75) is 20.4 Å². The number of ether oxygens (including phenoxy) is 2. The van der Waals surface area contributed by atoms with Gasteiger partial charge in [-0.3, -0.25) is 9.89 Å². The second-order valence-electron chi connectivity index (χ2n) is 6.61. The molecule has 0 aromatic heterocycles. The molecule has 0 unspecified atom stereocenters. The topological polar surface area (TPSA) is 58.1 Å². The van der Waals surface area contributed by atoms with Crippen LogP contribution < -0.4 is 15.4 Å². The number of para-hydroxylation sites is 1. The molecular weight excluding hydrogens is 316 g/mol. The van der Waals surface area contributed by atoms with Crippen molar-refractivity contribution >= 4 is 5.96 Å². The quantitative estimate of drug-likeness (QED) is 0.553. The summed E-state index contributed by atoms with van der Waals surface area (Å²) in [4.78, 5) is 6.64. The summed E-state index contributed by atoms with van der Waals surface area (Å²) in [5.74, 6) is 2.33. The molecule has 1 aromatic rings. The van der Waals surface area contributed by atoms with E-state index in [-0.39, 0.29) is 0 Å². The summed E-state index contributed by atoms with van der Waals surface area (Å²) in [6.07, 6.45) is 0. The lowest BCUT2D eigenvalue weighted by Gasteiger charge is -2.26. The van der Waals surface area contributed by atoms with Crippen molar-refractivity contribution in [3.8, 4) is 5.75 Å². The van der Waals surface area contributed by atoms with E-state index in [0.717, 1.165) is 56.7 Å². The number of guanidine groups is 1. The van der Waals surface area contributed by atoms with Gasteiger partial charge in [0, 0.05) is 45.3 Å². The fourth-order valence-electron chi connectivity index (χ4n) is 2.60. The van der Waals surface area contributed by atoms with Crippen LogP contribution in [0.2, 0.25) is 0 Å². The van der Waals surface area contributed by atoms with Gasteiger partial charge in [0.05, 0.1) is 13.2 Å². The van der Waals surface area contributed by atoms with E-state index in [1.54, 1.807) is 7.05 Å². The number of nitrogens with zero attached hydrogens (tertiary/aromatic N) is 2. The molecule has 1 saturated heterocycles. The van der Waals surface area contributed by atoms with Crippen LogP contribution in [0.1, 0.15) is 19.4 Å². The van der Waals surface area contributed by atoms with E-state index in [4.69, 9.17) is 9.47 Å². The fourth-order valence-corrected chi connectivity index (χ4v) is 2.60. The molecule has 0 amide bonds. The van der Waals surface area contributed by atoms with Gasteiger partial charge in [0.15, 0.2) is 5.96 Å². The molecule has 2 rings (SSSR count). The highest BCUT2D eigenvalue weighted by atomic mass is 16.5. The molecule has 1 aromatic carbocycles. The summed E-state index contributed by atoms with van der Waals surface area (Å²) < 4.78 is 11.4. The molecule has 1 aliphatic rings. The number of hydrogen-bond acceptors (Lipinski definition) is 4. The summed E-state index contributed by atoms with van der Waals surface area (Å²) >= 11 is 0. The number of benzene rings is 1. The van der Waals surface area contributed by atoms with Crippen molar-refractivity contribution in [1.29, 1.82) is 0 Å². The average molecular weight is 348 g/mol. The number of nitrogens with one attached hydrogen (secondary N) is 2. The van der Waals surface area contributed by atoms with Crippen LogP contribution in [0.3, 0.4) is 0 Å². The van der Waals surface area contributed by atoms with E-state index in [2.05, 4.69) is 40.4 Å². The molecule has 0 atom stereocenters. The van der Waals surface area contributed by atoms with Gasteiger partial charge in [-0.15, -0.1) is 0 Å². The van der Waals surface area contributed by atoms with Crippen LogP contribution in [0.25, 0.3) is 0 Å². The minimum absolute atomic E-state index is 0.578. The Morgan fingerprint density at radius 3 is 2.72 bits per heavy atom. The SMILES string of the molecule is CN=C(NCc1ccccc1OCCN1CCOCC1)NCC(C)C. The predicted molar refractivity (Wildman–Crippen MR) is 102 cm³/mol. The molecule has 1 fully saturated rings. The van der Waals surface area contributed by atoms with E-state index in [1.165, 1.54) is 0 Å². The maximum atomic E-state index is 6.02. The van der Waals surface area contributed by atoms with E-state index in [9.17, 15) is 0 Å². The Bertz CT molecular complexity index is 528. The van der Waals surface area contributed by atoms with Crippen LogP contribution in [-0.2, 0) is 11.3 Å². The Balaban J connectivity index is 1.80. The zero-order valence-electron chi connectivity index (χ0n) is 15.8. The molecule has 140 valence electrons. The molecule has 1 heterocycles. The normalized spacial score (nSPS) is 16.1. The summed E-state index contributed by atoms with van der Waals surface area (Å²) in [6, 6.07) is 8.17. The van der Waals surface area contributed by atoms with Crippen molar-refractivity contribution in [2.75, 3.05) is 53.0 Å². The summed E-state index contributed by atoms with van der Waals surface area (Å²) in [5, 5.41) is 6.68. The summed E-state index contributed by atoms with van der Waals surface area (Å²) in [6.45, 7) is 11.2. The third-order valence-electron chi connectivity index (χ3n) is 4.09. The maximum absolute atomic E-state index is 6.02. The van der Waals surface area contributed by atoms with E-state index in [1.807, 2.05) is 18.2 Å². The Morgan fingerprint density at radius 1 is 1.24 bits per heavy atom. The lowest BCUT2D eigenvalue weighted by atomic mass is 10.2. The molecule has 0 aliphatic carbocycles. The van der Waals surface area contributed by atoms with Gasteiger partial charge in [0.1, 0.15) is 12.4 Å². The van der Waals surface area contributed by atoms with Crippen molar-refractivity contribution in [1.82, 2.24) is 15.5 Å². The second-order valence-corrected chi connectivity index (χ2v) is 6.61. The third kappa shape index (κ3) is 7.32. The van der Waals surface area contributed by atoms with Gasteiger partial charge >= 0.3 is 0 Å². The minimum Gasteiger partial charge on any atom is -0.492 e. The van der Waals surface area contributed by atoms with Crippen LogP contribution in [0.15, 0.2) is 29.3 Å². The van der Waals surface area contributed by atoms with Gasteiger partial charge < -0.3 is 20.1 Å². The Hall–Kier alpha value is -1.79. The zero-order valence-corrected chi connectivity index (χ0v) is 15.8. The van der Waals surface area contributed by atoms with Crippen LogP contribution in [0.5, 0.6) is 5.75 Å². The van der Waals surface area contributed by atoms with E-state index in [0.29, 0.717) is 19.1 Å². The van der Waals surface area contributed by atoms with Crippen molar-refractivity contribution in [3.63, 3.8) is 0 Å². The first kappa shape index (κ1) is 19.5. The maximum Gasteiger partial charge on any atom is 0.191 e. The summed E-state index contributed by atoms with van der Waals surface area (Å²) in [7, 11) is 1.79. The van der Waals surface area contributed by atoms with E-state index < -0.39 is 0 Å². The van der Waals surface area contributed by atoms with Crippen LogP contribution in [0.4, 0.5) is 0 Å². The lowest BCUT2D eigenvalue weighted by Crippen LogP contribution is -2.39. The first-order valence-corrected chi connectivity index (χ1v) is 9.14. The van der Waals surface area contributed by atoms with Crippen LogP contribution >= 0.6 is 0 Å². The average Bonchev–Trinajstić information content (AvgIpc) is 2.63. The number of hydrogen-bond donors (Lipinski definition) is 2. The van der Waals surface area contributed by atoms with Gasteiger partial charge in [0.2, 0.25) is 0 Å². The minimum atomic E-state index is 0.578. The molecule has 0 bridgehead atoms. The van der Waals surface area contributed by atoms with Crippen molar-refractivity contribution < 1.29 is 9.47 Å². The first-order chi connectivity index (χ1) is 12.2. The number of rotatable bonds is 8. The fraction of sp³-hybridized carbons (Fsp3) is 0.632. The predicted octanol–water partition coefficient (Wildman–Crippen LogP) is 1.72. The Labute approximate surface area is 151 Å².